The summed E-state index contributed by atoms with van der Waals surface area (Å²) in [5, 5.41) is 12.9. The first-order chi connectivity index (χ1) is 18.5. The third kappa shape index (κ3) is 4.27. The highest BCUT2D eigenvalue weighted by atomic mass is 19.1. The molecule has 0 bridgehead atoms. The molecule has 1 fully saturated rings. The summed E-state index contributed by atoms with van der Waals surface area (Å²) in [7, 11) is 1.48. The molecule has 2 amide bonds. The number of benzene rings is 1. The molecule has 1 aliphatic heterocycles. The van der Waals surface area contributed by atoms with Crippen LogP contribution < -0.4 is 15.8 Å². The molecule has 0 saturated heterocycles. The maximum absolute atomic E-state index is 15.1. The second-order valence-electron chi connectivity index (χ2n) is 11.6. The number of hydrogen-bond acceptors (Lipinski definition) is 4. The van der Waals surface area contributed by atoms with Crippen LogP contribution in [0.5, 0.6) is 0 Å². The SMILES string of the molecule is Cn1cc(-c2cc(F)cc(N3CCn4c(cc5c4CC(C)(C)C5)C3=O)c2CO)cc(NC(=O)[C@H]2C[C@H]2F)c1=O. The molecule has 1 saturated carbocycles. The van der Waals surface area contributed by atoms with Crippen molar-refractivity contribution in [1.29, 1.82) is 0 Å². The zero-order valence-corrected chi connectivity index (χ0v) is 22.1. The second kappa shape index (κ2) is 8.87. The van der Waals surface area contributed by atoms with E-state index in [0.717, 1.165) is 18.4 Å². The van der Waals surface area contributed by atoms with E-state index in [-0.39, 0.29) is 34.7 Å². The van der Waals surface area contributed by atoms with Gasteiger partial charge in [0, 0.05) is 43.2 Å². The van der Waals surface area contributed by atoms with Gasteiger partial charge >= 0.3 is 0 Å². The molecule has 3 aliphatic rings. The topological polar surface area (TPSA) is 96.6 Å². The summed E-state index contributed by atoms with van der Waals surface area (Å²) in [6.45, 7) is 4.79. The second-order valence-corrected chi connectivity index (χ2v) is 11.6. The number of alkyl halides is 1. The Bertz CT molecular complexity index is 1610. The van der Waals surface area contributed by atoms with Crippen molar-refractivity contribution < 1.29 is 23.5 Å². The Morgan fingerprint density at radius 1 is 1.15 bits per heavy atom. The van der Waals surface area contributed by atoms with Gasteiger partial charge in [0.15, 0.2) is 0 Å². The van der Waals surface area contributed by atoms with Crippen LogP contribution in [0.1, 0.15) is 47.6 Å². The Balaban J connectivity index is 1.39. The molecule has 2 N–H and O–H groups in total. The van der Waals surface area contributed by atoms with Crippen LogP contribution >= 0.6 is 0 Å². The molecule has 0 unspecified atom stereocenters. The number of anilines is 2. The van der Waals surface area contributed by atoms with E-state index in [9.17, 15) is 23.9 Å². The van der Waals surface area contributed by atoms with E-state index in [1.165, 1.54) is 46.6 Å². The molecule has 204 valence electrons. The van der Waals surface area contributed by atoms with E-state index < -0.39 is 36.0 Å². The maximum atomic E-state index is 15.1. The summed E-state index contributed by atoms with van der Waals surface area (Å²) in [6.07, 6.45) is 2.14. The lowest BCUT2D eigenvalue weighted by molar-refractivity contribution is -0.117. The molecule has 39 heavy (non-hydrogen) atoms. The van der Waals surface area contributed by atoms with E-state index in [0.29, 0.717) is 29.9 Å². The van der Waals surface area contributed by atoms with Gasteiger partial charge in [0.25, 0.3) is 11.5 Å². The van der Waals surface area contributed by atoms with E-state index in [4.69, 9.17) is 0 Å². The minimum Gasteiger partial charge on any atom is -0.392 e. The number of nitrogens with one attached hydrogen (secondary N) is 1. The Kier molecular flexibility index (Phi) is 5.80. The average Bonchev–Trinajstić information content (AvgIpc) is 3.41. The number of pyridine rings is 1. The molecule has 1 aromatic carbocycles. The van der Waals surface area contributed by atoms with Crippen LogP contribution in [0.2, 0.25) is 0 Å². The van der Waals surface area contributed by atoms with Crippen molar-refractivity contribution in [3.63, 3.8) is 0 Å². The van der Waals surface area contributed by atoms with Crippen LogP contribution in [-0.2, 0) is 37.8 Å². The van der Waals surface area contributed by atoms with Crippen molar-refractivity contribution in [2.75, 3.05) is 16.8 Å². The van der Waals surface area contributed by atoms with Gasteiger partial charge in [0.05, 0.1) is 18.2 Å². The van der Waals surface area contributed by atoms with Crippen molar-refractivity contribution in [2.24, 2.45) is 18.4 Å². The van der Waals surface area contributed by atoms with Crippen LogP contribution in [0.4, 0.5) is 20.2 Å². The molecule has 6 rings (SSSR count). The number of fused-ring (bicyclic) bond motifs is 3. The molecular weight excluding hydrogens is 506 g/mol. The molecule has 3 heterocycles. The number of rotatable bonds is 5. The van der Waals surface area contributed by atoms with Gasteiger partial charge in [-0.3, -0.25) is 14.4 Å². The fraction of sp³-hybridized carbons (Fsp3) is 0.414. The lowest BCUT2D eigenvalue weighted by Crippen LogP contribution is -2.41. The number of halogens is 2. The highest BCUT2D eigenvalue weighted by molar-refractivity contribution is 6.07. The summed E-state index contributed by atoms with van der Waals surface area (Å²) in [5.74, 6) is -2.26. The quantitative estimate of drug-likeness (QED) is 0.521. The number of carbonyl (C=O) groups is 2. The highest BCUT2D eigenvalue weighted by Gasteiger charge is 2.44. The number of nitrogens with zero attached hydrogens (tertiary/aromatic N) is 3. The predicted molar refractivity (Wildman–Crippen MR) is 142 cm³/mol. The van der Waals surface area contributed by atoms with Gasteiger partial charge < -0.3 is 24.5 Å². The minimum atomic E-state index is -1.22. The normalized spacial score (nSPS) is 21.1. The Hall–Kier alpha value is -3.79. The summed E-state index contributed by atoms with van der Waals surface area (Å²) < 4.78 is 31.7. The predicted octanol–water partition coefficient (Wildman–Crippen LogP) is 3.57. The minimum absolute atomic E-state index is 0.0712. The molecule has 0 spiro atoms. The van der Waals surface area contributed by atoms with Crippen molar-refractivity contribution in [3.8, 4) is 11.1 Å². The number of amides is 2. The Morgan fingerprint density at radius 2 is 1.90 bits per heavy atom. The molecule has 0 radical (unpaired) electrons. The van der Waals surface area contributed by atoms with Gasteiger partial charge in [-0.15, -0.1) is 0 Å². The van der Waals surface area contributed by atoms with Gasteiger partial charge in [0.2, 0.25) is 5.91 Å². The van der Waals surface area contributed by atoms with Gasteiger partial charge in [0.1, 0.15) is 23.4 Å². The Morgan fingerprint density at radius 3 is 2.59 bits per heavy atom. The summed E-state index contributed by atoms with van der Waals surface area (Å²) in [4.78, 5) is 40.1. The molecule has 10 heteroatoms. The first-order valence-electron chi connectivity index (χ1n) is 13.1. The fourth-order valence-corrected chi connectivity index (χ4v) is 6.04. The first kappa shape index (κ1) is 25.5. The van der Waals surface area contributed by atoms with Crippen molar-refractivity contribution in [1.82, 2.24) is 9.13 Å². The highest BCUT2D eigenvalue weighted by Crippen LogP contribution is 2.41. The fourth-order valence-electron chi connectivity index (χ4n) is 6.04. The number of aliphatic hydroxyl groups excluding tert-OH is 1. The van der Waals surface area contributed by atoms with Crippen LogP contribution in [0.3, 0.4) is 0 Å². The molecular formula is C29H30F2N4O4. The van der Waals surface area contributed by atoms with Gasteiger partial charge in [-0.25, -0.2) is 8.78 Å². The van der Waals surface area contributed by atoms with Crippen molar-refractivity contribution in [3.05, 3.63) is 69.1 Å². The molecule has 8 nitrogen and oxygen atoms in total. The smallest absolute Gasteiger partial charge is 0.274 e. The van der Waals surface area contributed by atoms with Crippen molar-refractivity contribution in [2.45, 2.75) is 52.4 Å². The van der Waals surface area contributed by atoms with Crippen LogP contribution in [0.25, 0.3) is 11.1 Å². The number of hydrogen-bond donors (Lipinski definition) is 2. The third-order valence-corrected chi connectivity index (χ3v) is 8.07. The monoisotopic (exact) mass is 536 g/mol. The summed E-state index contributed by atoms with van der Waals surface area (Å²) in [5.41, 5.74) is 3.68. The largest absolute Gasteiger partial charge is 0.392 e. The average molecular weight is 537 g/mol. The lowest BCUT2D eigenvalue weighted by Gasteiger charge is -2.32. The standard InChI is InChI=1S/C29H30F2N4O4/c1-29(2)11-15-7-24-28(39)35(5-4-34(24)25(15)12-29)23-9-17(30)8-18(20(23)14-36)16-6-22(27(38)33(3)13-16)32-26(37)19-10-21(19)31/h6-9,13,19,21,36H,4-5,10-12,14H2,1-3H3,(H,32,37)/t19-,21+/m0/s1. The maximum Gasteiger partial charge on any atom is 0.274 e. The van der Waals surface area contributed by atoms with Crippen LogP contribution in [0.15, 0.2) is 35.3 Å². The van der Waals surface area contributed by atoms with Gasteiger partial charge in [-0.2, -0.15) is 0 Å². The van der Waals surface area contributed by atoms with Gasteiger partial charge in [-0.1, -0.05) is 13.8 Å². The van der Waals surface area contributed by atoms with Crippen LogP contribution in [-0.4, -0.2) is 38.8 Å². The molecule has 2 aliphatic carbocycles. The summed E-state index contributed by atoms with van der Waals surface area (Å²) in [6, 6.07) is 5.79. The van der Waals surface area contributed by atoms with Gasteiger partial charge in [-0.05, 0) is 60.1 Å². The number of aryl methyl sites for hydroxylation is 1. The van der Waals surface area contributed by atoms with E-state index in [1.807, 2.05) is 6.07 Å². The Labute approximate surface area is 223 Å². The van der Waals surface area contributed by atoms with E-state index in [1.54, 1.807) is 0 Å². The summed E-state index contributed by atoms with van der Waals surface area (Å²) >= 11 is 0. The van der Waals surface area contributed by atoms with Crippen molar-refractivity contribution >= 4 is 23.2 Å². The third-order valence-electron chi connectivity index (χ3n) is 8.07. The zero-order chi connectivity index (χ0) is 27.8. The number of aliphatic hydroxyl groups is 1. The lowest BCUT2D eigenvalue weighted by atomic mass is 9.90. The molecule has 3 aromatic rings. The van der Waals surface area contributed by atoms with Crippen LogP contribution in [0, 0.1) is 17.2 Å². The van der Waals surface area contributed by atoms with E-state index >= 15 is 4.39 Å². The first-order valence-corrected chi connectivity index (χ1v) is 13.1. The number of carbonyl (C=O) groups excluding carboxylic acids is 2. The number of aromatic nitrogens is 2. The molecule has 2 aromatic heterocycles. The van der Waals surface area contributed by atoms with E-state index in [2.05, 4.69) is 23.7 Å². The zero-order valence-electron chi connectivity index (χ0n) is 22.1. The molecule has 2 atom stereocenters.